The summed E-state index contributed by atoms with van der Waals surface area (Å²) in [6.07, 6.45) is 0. The lowest BCUT2D eigenvalue weighted by atomic mass is 10.1. The van der Waals surface area contributed by atoms with Gasteiger partial charge in [-0.05, 0) is 23.6 Å². The number of hydrogen-bond acceptors (Lipinski definition) is 4. The summed E-state index contributed by atoms with van der Waals surface area (Å²) < 4.78 is 11.5. The molecular formula is C12H9NO2S. The molecule has 0 saturated heterocycles. The summed E-state index contributed by atoms with van der Waals surface area (Å²) in [4.78, 5) is 0. The van der Waals surface area contributed by atoms with E-state index >= 15 is 0 Å². The second kappa shape index (κ2) is 3.64. The van der Waals surface area contributed by atoms with Crippen LogP contribution >= 0.6 is 11.3 Å². The zero-order valence-electron chi connectivity index (χ0n) is 8.64. The van der Waals surface area contributed by atoms with E-state index in [1.165, 1.54) is 0 Å². The number of thiophene rings is 1. The number of rotatable bonds is 2. The molecule has 0 atom stereocenters. The van der Waals surface area contributed by atoms with Crippen molar-refractivity contribution in [3.05, 3.63) is 35.7 Å². The smallest absolute Gasteiger partial charge is 0.178 e. The molecule has 0 aliphatic rings. The first-order chi connectivity index (χ1) is 7.88. The molecule has 0 bridgehead atoms. The summed E-state index contributed by atoms with van der Waals surface area (Å²) in [6, 6.07) is 9.74. The third kappa shape index (κ3) is 1.39. The molecule has 3 aromatic rings. The fraction of sp³-hybridized carbons (Fsp3) is 0.0833. The van der Waals surface area contributed by atoms with E-state index in [0.717, 1.165) is 27.3 Å². The Morgan fingerprint density at radius 2 is 2.25 bits per heavy atom. The summed E-state index contributed by atoms with van der Waals surface area (Å²) in [5.41, 5.74) is 2.73. The van der Waals surface area contributed by atoms with E-state index in [0.29, 0.717) is 0 Å². The van der Waals surface area contributed by atoms with Crippen molar-refractivity contribution in [1.82, 2.24) is 5.16 Å². The van der Waals surface area contributed by atoms with Gasteiger partial charge in [0.1, 0.15) is 16.1 Å². The SMILES string of the molecule is COc1cccc(-c2noc3ccsc23)c1. The Balaban J connectivity index is 2.19. The zero-order chi connectivity index (χ0) is 11.0. The maximum Gasteiger partial charge on any atom is 0.178 e. The first-order valence-electron chi connectivity index (χ1n) is 4.86. The lowest BCUT2D eigenvalue weighted by Crippen LogP contribution is -1.83. The molecule has 16 heavy (non-hydrogen) atoms. The highest BCUT2D eigenvalue weighted by atomic mass is 32.1. The largest absolute Gasteiger partial charge is 0.497 e. The second-order valence-electron chi connectivity index (χ2n) is 3.38. The Labute approximate surface area is 96.3 Å². The predicted octanol–water partition coefficient (Wildman–Crippen LogP) is 3.56. The first-order valence-corrected chi connectivity index (χ1v) is 5.74. The van der Waals surface area contributed by atoms with Crippen molar-refractivity contribution in [2.45, 2.75) is 0 Å². The molecule has 1 aromatic carbocycles. The van der Waals surface area contributed by atoms with Crippen LogP contribution in [0.2, 0.25) is 0 Å². The maximum atomic E-state index is 5.24. The first kappa shape index (κ1) is 9.42. The molecule has 3 rings (SSSR count). The highest BCUT2D eigenvalue weighted by molar-refractivity contribution is 7.17. The molecule has 0 aliphatic heterocycles. The minimum atomic E-state index is 0.824. The van der Waals surface area contributed by atoms with Crippen LogP contribution in [-0.2, 0) is 0 Å². The van der Waals surface area contributed by atoms with Crippen molar-refractivity contribution in [1.29, 1.82) is 0 Å². The topological polar surface area (TPSA) is 35.3 Å². The van der Waals surface area contributed by atoms with E-state index in [9.17, 15) is 0 Å². The van der Waals surface area contributed by atoms with Crippen LogP contribution in [0, 0.1) is 0 Å². The van der Waals surface area contributed by atoms with Crippen LogP contribution in [0.4, 0.5) is 0 Å². The van der Waals surface area contributed by atoms with Gasteiger partial charge in [0, 0.05) is 5.56 Å². The number of benzene rings is 1. The monoisotopic (exact) mass is 231 g/mol. The van der Waals surface area contributed by atoms with E-state index in [1.54, 1.807) is 18.4 Å². The number of methoxy groups -OCH3 is 1. The summed E-state index contributed by atoms with van der Waals surface area (Å²) in [6.45, 7) is 0. The van der Waals surface area contributed by atoms with Gasteiger partial charge in [-0.15, -0.1) is 11.3 Å². The van der Waals surface area contributed by atoms with Gasteiger partial charge in [-0.3, -0.25) is 0 Å². The lowest BCUT2D eigenvalue weighted by Gasteiger charge is -2.00. The van der Waals surface area contributed by atoms with Crippen LogP contribution in [0.5, 0.6) is 5.75 Å². The molecule has 0 amide bonds. The minimum Gasteiger partial charge on any atom is -0.497 e. The van der Waals surface area contributed by atoms with E-state index in [2.05, 4.69) is 5.16 Å². The van der Waals surface area contributed by atoms with Gasteiger partial charge in [-0.1, -0.05) is 17.3 Å². The number of nitrogens with zero attached hydrogens (tertiary/aromatic N) is 1. The Kier molecular flexibility index (Phi) is 2.15. The summed E-state index contributed by atoms with van der Waals surface area (Å²) >= 11 is 1.63. The maximum absolute atomic E-state index is 5.24. The van der Waals surface area contributed by atoms with Crippen LogP contribution < -0.4 is 4.74 Å². The highest BCUT2D eigenvalue weighted by Crippen LogP contribution is 2.33. The molecule has 4 heteroatoms. The normalized spacial score (nSPS) is 10.8. The average molecular weight is 231 g/mol. The van der Waals surface area contributed by atoms with Gasteiger partial charge in [0.25, 0.3) is 0 Å². The number of hydrogen-bond donors (Lipinski definition) is 0. The van der Waals surface area contributed by atoms with Gasteiger partial charge in [0.2, 0.25) is 0 Å². The number of ether oxygens (including phenoxy) is 1. The standard InChI is InChI=1S/C12H9NO2S/c1-14-9-4-2-3-8(7-9)11-12-10(15-13-11)5-6-16-12/h2-7H,1H3. The summed E-state index contributed by atoms with van der Waals surface area (Å²) in [7, 11) is 1.66. The molecule has 0 fully saturated rings. The molecule has 2 aromatic heterocycles. The number of fused-ring (bicyclic) bond motifs is 1. The summed E-state index contributed by atoms with van der Waals surface area (Å²) in [5, 5.41) is 6.08. The van der Waals surface area contributed by atoms with Crippen LogP contribution in [0.1, 0.15) is 0 Å². The third-order valence-corrected chi connectivity index (χ3v) is 3.33. The Morgan fingerprint density at radius 1 is 1.31 bits per heavy atom. The van der Waals surface area contributed by atoms with Crippen LogP contribution in [-0.4, -0.2) is 12.3 Å². The van der Waals surface area contributed by atoms with Gasteiger partial charge in [0.05, 0.1) is 7.11 Å². The van der Waals surface area contributed by atoms with Gasteiger partial charge in [-0.2, -0.15) is 0 Å². The Bertz CT molecular complexity index is 627. The van der Waals surface area contributed by atoms with Gasteiger partial charge in [0.15, 0.2) is 5.58 Å². The Morgan fingerprint density at radius 3 is 3.12 bits per heavy atom. The molecule has 3 nitrogen and oxygen atoms in total. The highest BCUT2D eigenvalue weighted by Gasteiger charge is 2.11. The van der Waals surface area contributed by atoms with Gasteiger partial charge in [-0.25, -0.2) is 0 Å². The van der Waals surface area contributed by atoms with Crippen molar-refractivity contribution < 1.29 is 9.26 Å². The molecule has 0 radical (unpaired) electrons. The molecule has 0 N–H and O–H groups in total. The van der Waals surface area contributed by atoms with Crippen molar-refractivity contribution in [2.24, 2.45) is 0 Å². The molecule has 0 aliphatic carbocycles. The van der Waals surface area contributed by atoms with E-state index in [-0.39, 0.29) is 0 Å². The van der Waals surface area contributed by atoms with Crippen molar-refractivity contribution >= 4 is 21.6 Å². The second-order valence-corrected chi connectivity index (χ2v) is 4.29. The van der Waals surface area contributed by atoms with Crippen LogP contribution in [0.15, 0.2) is 40.2 Å². The minimum absolute atomic E-state index is 0.824. The fourth-order valence-electron chi connectivity index (χ4n) is 1.63. The van der Waals surface area contributed by atoms with Crippen LogP contribution in [0.3, 0.4) is 0 Å². The van der Waals surface area contributed by atoms with Crippen molar-refractivity contribution in [2.75, 3.05) is 7.11 Å². The van der Waals surface area contributed by atoms with Gasteiger partial charge < -0.3 is 9.26 Å². The van der Waals surface area contributed by atoms with Gasteiger partial charge >= 0.3 is 0 Å². The number of aromatic nitrogens is 1. The quantitative estimate of drug-likeness (QED) is 0.676. The third-order valence-electron chi connectivity index (χ3n) is 2.42. The lowest BCUT2D eigenvalue weighted by molar-refractivity contribution is 0.415. The van der Waals surface area contributed by atoms with E-state index in [1.807, 2.05) is 35.7 Å². The molecule has 80 valence electrons. The summed E-state index contributed by atoms with van der Waals surface area (Å²) in [5.74, 6) is 0.824. The molecular weight excluding hydrogens is 222 g/mol. The Hall–Kier alpha value is -1.81. The predicted molar refractivity (Wildman–Crippen MR) is 63.9 cm³/mol. The average Bonchev–Trinajstić information content (AvgIpc) is 2.90. The van der Waals surface area contributed by atoms with E-state index < -0.39 is 0 Å². The fourth-order valence-corrected chi connectivity index (χ4v) is 2.45. The zero-order valence-corrected chi connectivity index (χ0v) is 9.45. The van der Waals surface area contributed by atoms with Crippen LogP contribution in [0.25, 0.3) is 21.5 Å². The molecule has 0 spiro atoms. The van der Waals surface area contributed by atoms with E-state index in [4.69, 9.17) is 9.26 Å². The molecule has 0 saturated carbocycles. The van der Waals surface area contributed by atoms with Crippen molar-refractivity contribution in [3.63, 3.8) is 0 Å². The molecule has 2 heterocycles. The molecule has 0 unspecified atom stereocenters. The van der Waals surface area contributed by atoms with Crippen molar-refractivity contribution in [3.8, 4) is 17.0 Å².